The highest BCUT2D eigenvalue weighted by Gasteiger charge is 2.15. The number of nitrogens with one attached hydrogen (secondary N) is 1. The van der Waals surface area contributed by atoms with Gasteiger partial charge in [-0.1, -0.05) is 24.4 Å². The molecule has 0 amide bonds. The minimum Gasteiger partial charge on any atom is -0.385 e. The summed E-state index contributed by atoms with van der Waals surface area (Å²) in [4.78, 5) is 3.31. The molecule has 0 saturated carbocycles. The van der Waals surface area contributed by atoms with E-state index in [4.69, 9.17) is 17.0 Å². The summed E-state index contributed by atoms with van der Waals surface area (Å²) in [5, 5.41) is 3.48. The van der Waals surface area contributed by atoms with Crippen LogP contribution < -0.4 is 5.32 Å². The number of thiocarbonyl (C=S) groups is 1. The number of benzene rings is 1. The van der Waals surface area contributed by atoms with Crippen LogP contribution in [0, 0.1) is 0 Å². The zero-order valence-corrected chi connectivity index (χ0v) is 12.0. The van der Waals surface area contributed by atoms with Gasteiger partial charge < -0.3 is 15.0 Å². The largest absolute Gasteiger partial charge is 0.385 e. The average molecular weight is 276 g/mol. The summed E-state index contributed by atoms with van der Waals surface area (Å²) in [6, 6.07) is 6.73. The van der Waals surface area contributed by atoms with E-state index in [9.17, 15) is 0 Å². The molecule has 1 aromatic carbocycles. The number of hydrogen-bond donors (Lipinski definition) is 1. The highest BCUT2D eigenvalue weighted by atomic mass is 32.1. The number of anilines is 1. The molecule has 0 radical (unpaired) electrons. The van der Waals surface area contributed by atoms with E-state index in [1.807, 2.05) is 0 Å². The molecule has 4 heteroatoms. The summed E-state index contributed by atoms with van der Waals surface area (Å²) in [7, 11) is 0. The lowest BCUT2D eigenvalue weighted by molar-refractivity contribution is 0.0685. The van der Waals surface area contributed by atoms with Gasteiger partial charge in [-0.3, -0.25) is 0 Å². The Morgan fingerprint density at radius 3 is 3.00 bits per heavy atom. The Morgan fingerprint density at radius 2 is 2.16 bits per heavy atom. The van der Waals surface area contributed by atoms with Gasteiger partial charge in [-0.25, -0.2) is 0 Å². The van der Waals surface area contributed by atoms with Gasteiger partial charge in [0.05, 0.1) is 18.2 Å². The van der Waals surface area contributed by atoms with Crippen molar-refractivity contribution in [2.75, 3.05) is 38.2 Å². The highest BCUT2D eigenvalue weighted by Crippen LogP contribution is 2.23. The second-order valence-electron chi connectivity index (χ2n) is 5.19. The fourth-order valence-electron chi connectivity index (χ4n) is 2.72. The molecule has 102 valence electrons. The Bertz CT molecular complexity index is 469. The second-order valence-corrected chi connectivity index (χ2v) is 5.66. The fourth-order valence-corrected chi connectivity index (χ4v) is 3.07. The molecular formula is C15H20N2OS. The van der Waals surface area contributed by atoms with E-state index in [1.165, 1.54) is 29.7 Å². The van der Waals surface area contributed by atoms with Crippen LogP contribution in [0.25, 0.3) is 0 Å². The van der Waals surface area contributed by atoms with Crippen molar-refractivity contribution in [3.8, 4) is 0 Å². The smallest absolute Gasteiger partial charge is 0.0825 e. The van der Waals surface area contributed by atoms with Crippen molar-refractivity contribution in [2.24, 2.45) is 0 Å². The Morgan fingerprint density at radius 1 is 1.32 bits per heavy atom. The van der Waals surface area contributed by atoms with Gasteiger partial charge in [0.2, 0.25) is 0 Å². The summed E-state index contributed by atoms with van der Waals surface area (Å²) in [5.74, 6) is 0. The second kappa shape index (κ2) is 5.88. The third-order valence-corrected chi connectivity index (χ3v) is 4.23. The molecule has 0 unspecified atom stereocenters. The molecule has 2 aliphatic heterocycles. The molecule has 3 nitrogen and oxygen atoms in total. The first-order valence-electron chi connectivity index (χ1n) is 7.04. The molecule has 0 bridgehead atoms. The Kier molecular flexibility index (Phi) is 3.99. The maximum Gasteiger partial charge on any atom is 0.0825 e. The van der Waals surface area contributed by atoms with Crippen LogP contribution in [-0.4, -0.2) is 42.7 Å². The van der Waals surface area contributed by atoms with Crippen LogP contribution >= 0.6 is 12.2 Å². The normalized spacial score (nSPS) is 18.6. The third-order valence-electron chi connectivity index (χ3n) is 3.83. The molecule has 1 saturated heterocycles. The quantitative estimate of drug-likeness (QED) is 0.837. The molecule has 2 aliphatic rings. The van der Waals surface area contributed by atoms with Crippen LogP contribution in [-0.2, 0) is 17.6 Å². The molecule has 1 aromatic rings. The number of fused-ring (bicyclic) bond motifs is 1. The van der Waals surface area contributed by atoms with Crippen LogP contribution in [0.2, 0.25) is 0 Å². The van der Waals surface area contributed by atoms with Crippen molar-refractivity contribution in [2.45, 2.75) is 19.3 Å². The lowest BCUT2D eigenvalue weighted by atomic mass is 10.00. The van der Waals surface area contributed by atoms with E-state index in [1.54, 1.807) is 0 Å². The minimum atomic E-state index is 0.798. The minimum absolute atomic E-state index is 0.798. The van der Waals surface area contributed by atoms with Gasteiger partial charge in [0, 0.05) is 31.7 Å². The molecule has 0 aromatic heterocycles. The number of nitrogens with zero attached hydrogens (tertiary/aromatic N) is 1. The van der Waals surface area contributed by atoms with Crippen molar-refractivity contribution < 1.29 is 4.74 Å². The SMILES string of the molecule is S=C(Cc1ccc2c(c1)NCCC2)N1CCOCC1. The van der Waals surface area contributed by atoms with Crippen LogP contribution in [0.5, 0.6) is 0 Å². The predicted molar refractivity (Wildman–Crippen MR) is 81.9 cm³/mol. The fraction of sp³-hybridized carbons (Fsp3) is 0.533. The van der Waals surface area contributed by atoms with E-state index in [2.05, 4.69) is 28.4 Å². The first-order chi connectivity index (χ1) is 9.33. The van der Waals surface area contributed by atoms with Gasteiger partial charge in [-0.05, 0) is 30.0 Å². The molecule has 0 aliphatic carbocycles. The summed E-state index contributed by atoms with van der Waals surface area (Å²) < 4.78 is 5.36. The molecule has 1 fully saturated rings. The van der Waals surface area contributed by atoms with E-state index in [-0.39, 0.29) is 0 Å². The number of ether oxygens (including phenoxy) is 1. The van der Waals surface area contributed by atoms with Crippen molar-refractivity contribution >= 4 is 22.9 Å². The van der Waals surface area contributed by atoms with E-state index < -0.39 is 0 Å². The number of morpholine rings is 1. The first-order valence-corrected chi connectivity index (χ1v) is 7.45. The van der Waals surface area contributed by atoms with Gasteiger partial charge in [0.1, 0.15) is 0 Å². The molecule has 1 N–H and O–H groups in total. The Hall–Kier alpha value is -1.13. The van der Waals surface area contributed by atoms with Gasteiger partial charge in [-0.15, -0.1) is 0 Å². The number of hydrogen-bond acceptors (Lipinski definition) is 3. The van der Waals surface area contributed by atoms with Gasteiger partial charge in [0.15, 0.2) is 0 Å². The van der Waals surface area contributed by atoms with Crippen LogP contribution in [0.4, 0.5) is 5.69 Å². The summed E-state index contributed by atoms with van der Waals surface area (Å²) >= 11 is 5.56. The standard InChI is InChI=1S/C15H20N2OS/c19-15(17-6-8-18-9-7-17)11-12-3-4-13-2-1-5-16-14(13)10-12/h3-4,10,16H,1-2,5-9,11H2. The number of aryl methyl sites for hydroxylation is 1. The lowest BCUT2D eigenvalue weighted by Gasteiger charge is -2.29. The maximum atomic E-state index is 5.56. The molecular weight excluding hydrogens is 256 g/mol. The number of rotatable bonds is 2. The van der Waals surface area contributed by atoms with Crippen molar-refractivity contribution in [3.63, 3.8) is 0 Å². The van der Waals surface area contributed by atoms with Crippen LogP contribution in [0.15, 0.2) is 18.2 Å². The lowest BCUT2D eigenvalue weighted by Crippen LogP contribution is -2.40. The monoisotopic (exact) mass is 276 g/mol. The maximum absolute atomic E-state index is 5.56. The third kappa shape index (κ3) is 3.07. The predicted octanol–water partition coefficient (Wildman–Crippen LogP) is 2.25. The molecule has 0 spiro atoms. The molecule has 3 rings (SSSR count). The average Bonchev–Trinajstić information content (AvgIpc) is 2.48. The van der Waals surface area contributed by atoms with Crippen molar-refractivity contribution in [1.82, 2.24) is 4.90 Å². The highest BCUT2D eigenvalue weighted by molar-refractivity contribution is 7.80. The van der Waals surface area contributed by atoms with Gasteiger partial charge >= 0.3 is 0 Å². The zero-order chi connectivity index (χ0) is 13.1. The summed E-state index contributed by atoms with van der Waals surface area (Å²) in [5.41, 5.74) is 4.05. The van der Waals surface area contributed by atoms with Gasteiger partial charge in [0.25, 0.3) is 0 Å². The summed E-state index contributed by atoms with van der Waals surface area (Å²) in [6.07, 6.45) is 3.29. The van der Waals surface area contributed by atoms with Crippen molar-refractivity contribution in [1.29, 1.82) is 0 Å². The first kappa shape index (κ1) is 12.9. The Balaban J connectivity index is 1.67. The van der Waals surface area contributed by atoms with Gasteiger partial charge in [-0.2, -0.15) is 0 Å². The summed E-state index contributed by atoms with van der Waals surface area (Å²) in [6.45, 7) is 4.55. The molecule has 19 heavy (non-hydrogen) atoms. The van der Waals surface area contributed by atoms with E-state index >= 15 is 0 Å². The zero-order valence-electron chi connectivity index (χ0n) is 11.2. The molecule has 0 atom stereocenters. The Labute approximate surface area is 119 Å². The van der Waals surface area contributed by atoms with E-state index in [0.29, 0.717) is 0 Å². The van der Waals surface area contributed by atoms with Crippen molar-refractivity contribution in [3.05, 3.63) is 29.3 Å². The van der Waals surface area contributed by atoms with Crippen LogP contribution in [0.1, 0.15) is 17.5 Å². The van der Waals surface area contributed by atoms with E-state index in [0.717, 1.165) is 44.3 Å². The topological polar surface area (TPSA) is 24.5 Å². The van der Waals surface area contributed by atoms with Crippen LogP contribution in [0.3, 0.4) is 0 Å². The molecule has 2 heterocycles.